The predicted octanol–water partition coefficient (Wildman–Crippen LogP) is 1.57. The summed E-state index contributed by atoms with van der Waals surface area (Å²) in [4.78, 5) is 24.5. The highest BCUT2D eigenvalue weighted by Crippen LogP contribution is 2.32. The van der Waals surface area contributed by atoms with Crippen LogP contribution in [0.3, 0.4) is 0 Å². The highest BCUT2D eigenvalue weighted by Gasteiger charge is 2.32. The summed E-state index contributed by atoms with van der Waals surface area (Å²) < 4.78 is 5.34. The topological polar surface area (TPSA) is 75.4 Å². The SMILES string of the molecule is Cc1cc([C@@H]2CCCN2C(=O)CN(C)c2cnccn2)on1. The van der Waals surface area contributed by atoms with Gasteiger partial charge in [0.05, 0.1) is 24.5 Å². The first-order valence-corrected chi connectivity index (χ1v) is 7.35. The van der Waals surface area contributed by atoms with Gasteiger partial charge in [0.1, 0.15) is 5.82 Å². The van der Waals surface area contributed by atoms with E-state index in [0.29, 0.717) is 5.82 Å². The number of rotatable bonds is 4. The molecule has 2 aromatic rings. The van der Waals surface area contributed by atoms with Gasteiger partial charge in [-0.25, -0.2) is 4.98 Å². The molecule has 0 bridgehead atoms. The quantitative estimate of drug-likeness (QED) is 0.853. The summed E-state index contributed by atoms with van der Waals surface area (Å²) in [7, 11) is 1.84. The van der Waals surface area contributed by atoms with E-state index in [4.69, 9.17) is 4.52 Å². The van der Waals surface area contributed by atoms with E-state index in [-0.39, 0.29) is 18.5 Å². The Morgan fingerprint density at radius 1 is 1.50 bits per heavy atom. The average Bonchev–Trinajstić information content (AvgIpc) is 3.16. The highest BCUT2D eigenvalue weighted by atomic mass is 16.5. The number of aryl methyl sites for hydroxylation is 1. The molecule has 116 valence electrons. The summed E-state index contributed by atoms with van der Waals surface area (Å²) in [5.41, 5.74) is 0.839. The van der Waals surface area contributed by atoms with E-state index < -0.39 is 0 Å². The third kappa shape index (κ3) is 2.93. The number of aromatic nitrogens is 3. The zero-order chi connectivity index (χ0) is 15.5. The van der Waals surface area contributed by atoms with E-state index in [9.17, 15) is 4.79 Å². The molecular weight excluding hydrogens is 282 g/mol. The second kappa shape index (κ2) is 6.13. The van der Waals surface area contributed by atoms with Crippen LogP contribution in [0.2, 0.25) is 0 Å². The van der Waals surface area contributed by atoms with Crippen LogP contribution in [-0.2, 0) is 4.79 Å². The third-order valence-corrected chi connectivity index (χ3v) is 3.86. The number of anilines is 1. The fourth-order valence-corrected chi connectivity index (χ4v) is 2.76. The van der Waals surface area contributed by atoms with E-state index in [1.54, 1.807) is 23.5 Å². The van der Waals surface area contributed by atoms with Crippen LogP contribution in [0.15, 0.2) is 29.2 Å². The summed E-state index contributed by atoms with van der Waals surface area (Å²) in [5.74, 6) is 1.51. The van der Waals surface area contributed by atoms with Crippen molar-refractivity contribution in [1.82, 2.24) is 20.0 Å². The Kier molecular flexibility index (Phi) is 4.04. The van der Waals surface area contributed by atoms with E-state index in [1.165, 1.54) is 0 Å². The predicted molar refractivity (Wildman–Crippen MR) is 80.2 cm³/mol. The van der Waals surface area contributed by atoms with Crippen molar-refractivity contribution in [2.24, 2.45) is 0 Å². The molecule has 0 aliphatic carbocycles. The number of hydrogen-bond donors (Lipinski definition) is 0. The van der Waals surface area contributed by atoms with Crippen molar-refractivity contribution in [3.05, 3.63) is 36.1 Å². The van der Waals surface area contributed by atoms with Gasteiger partial charge >= 0.3 is 0 Å². The summed E-state index contributed by atoms with van der Waals surface area (Å²) in [6, 6.07) is 1.90. The molecule has 1 saturated heterocycles. The third-order valence-electron chi connectivity index (χ3n) is 3.86. The van der Waals surface area contributed by atoms with Gasteiger partial charge in [0.25, 0.3) is 0 Å². The lowest BCUT2D eigenvalue weighted by Crippen LogP contribution is -2.38. The van der Waals surface area contributed by atoms with E-state index in [0.717, 1.165) is 30.8 Å². The smallest absolute Gasteiger partial charge is 0.242 e. The fourth-order valence-electron chi connectivity index (χ4n) is 2.76. The Bertz CT molecular complexity index is 642. The van der Waals surface area contributed by atoms with Crippen LogP contribution in [0.25, 0.3) is 0 Å². The highest BCUT2D eigenvalue weighted by molar-refractivity contribution is 5.81. The van der Waals surface area contributed by atoms with Gasteiger partial charge in [-0.1, -0.05) is 5.16 Å². The molecule has 3 heterocycles. The number of amides is 1. The molecule has 7 nitrogen and oxygen atoms in total. The average molecular weight is 301 g/mol. The Labute approximate surface area is 128 Å². The van der Waals surface area contributed by atoms with Crippen LogP contribution in [0.1, 0.15) is 30.3 Å². The van der Waals surface area contributed by atoms with Gasteiger partial charge in [-0.05, 0) is 19.8 Å². The van der Waals surface area contributed by atoms with Crippen molar-refractivity contribution in [1.29, 1.82) is 0 Å². The van der Waals surface area contributed by atoms with E-state index >= 15 is 0 Å². The van der Waals surface area contributed by atoms with Crippen molar-refractivity contribution in [3.63, 3.8) is 0 Å². The maximum atomic E-state index is 12.6. The minimum atomic E-state index is -0.0102. The lowest BCUT2D eigenvalue weighted by Gasteiger charge is -2.25. The van der Waals surface area contributed by atoms with Gasteiger partial charge in [-0.3, -0.25) is 9.78 Å². The van der Waals surface area contributed by atoms with Gasteiger partial charge in [0, 0.05) is 32.1 Å². The maximum Gasteiger partial charge on any atom is 0.242 e. The standard InChI is InChI=1S/C15H19N5O2/c1-11-8-13(22-18-11)12-4-3-7-20(12)15(21)10-19(2)14-9-16-5-6-17-14/h5-6,8-9,12H,3-4,7,10H2,1-2H3/t12-/m0/s1. The minimum absolute atomic E-state index is 0.0102. The number of carbonyl (C=O) groups excluding carboxylic acids is 1. The largest absolute Gasteiger partial charge is 0.359 e. The summed E-state index contributed by atoms with van der Waals surface area (Å²) in [6.45, 7) is 2.90. The molecule has 0 spiro atoms. The molecule has 22 heavy (non-hydrogen) atoms. The van der Waals surface area contributed by atoms with Gasteiger partial charge in [-0.15, -0.1) is 0 Å². The first-order valence-electron chi connectivity index (χ1n) is 7.35. The van der Waals surface area contributed by atoms with Gasteiger partial charge in [0.15, 0.2) is 5.76 Å². The van der Waals surface area contributed by atoms with Crippen LogP contribution in [0.5, 0.6) is 0 Å². The number of carbonyl (C=O) groups is 1. The number of nitrogens with zero attached hydrogens (tertiary/aromatic N) is 5. The zero-order valence-corrected chi connectivity index (χ0v) is 12.8. The Balaban J connectivity index is 1.69. The van der Waals surface area contributed by atoms with Crippen LogP contribution in [-0.4, -0.2) is 46.1 Å². The molecule has 3 rings (SSSR count). The molecule has 0 radical (unpaired) electrons. The molecule has 0 unspecified atom stereocenters. The number of hydrogen-bond acceptors (Lipinski definition) is 6. The van der Waals surface area contributed by atoms with Crippen molar-refractivity contribution < 1.29 is 9.32 Å². The van der Waals surface area contributed by atoms with Crippen LogP contribution in [0.4, 0.5) is 5.82 Å². The molecule has 0 N–H and O–H groups in total. The molecule has 0 saturated carbocycles. The molecule has 7 heteroatoms. The first kappa shape index (κ1) is 14.5. The minimum Gasteiger partial charge on any atom is -0.359 e. The maximum absolute atomic E-state index is 12.6. The number of likely N-dealkylation sites (N-methyl/N-ethyl adjacent to an activating group) is 1. The fraction of sp³-hybridized carbons (Fsp3) is 0.467. The van der Waals surface area contributed by atoms with Crippen molar-refractivity contribution in [2.75, 3.05) is 25.0 Å². The van der Waals surface area contributed by atoms with E-state index in [1.807, 2.05) is 24.9 Å². The second-order valence-electron chi connectivity index (χ2n) is 5.54. The van der Waals surface area contributed by atoms with Crippen molar-refractivity contribution in [2.45, 2.75) is 25.8 Å². The Morgan fingerprint density at radius 3 is 3.05 bits per heavy atom. The van der Waals surface area contributed by atoms with Gasteiger partial charge < -0.3 is 14.3 Å². The Hall–Kier alpha value is -2.44. The molecule has 0 aromatic carbocycles. The lowest BCUT2D eigenvalue weighted by molar-refractivity contribution is -0.130. The van der Waals surface area contributed by atoms with Crippen molar-refractivity contribution >= 4 is 11.7 Å². The first-order chi connectivity index (χ1) is 10.6. The summed E-state index contributed by atoms with van der Waals surface area (Å²) in [6.07, 6.45) is 6.77. The molecule has 1 fully saturated rings. The molecule has 1 amide bonds. The normalized spacial score (nSPS) is 17.7. The van der Waals surface area contributed by atoms with Crippen molar-refractivity contribution in [3.8, 4) is 0 Å². The zero-order valence-electron chi connectivity index (χ0n) is 12.8. The Morgan fingerprint density at radius 2 is 2.36 bits per heavy atom. The number of likely N-dealkylation sites (tertiary alicyclic amines) is 1. The van der Waals surface area contributed by atoms with Crippen LogP contribution < -0.4 is 4.90 Å². The summed E-state index contributed by atoms with van der Waals surface area (Å²) in [5, 5.41) is 3.92. The monoisotopic (exact) mass is 301 g/mol. The lowest BCUT2D eigenvalue weighted by atomic mass is 10.1. The van der Waals surface area contributed by atoms with Crippen LogP contribution in [0, 0.1) is 6.92 Å². The molecule has 2 aromatic heterocycles. The van der Waals surface area contributed by atoms with Gasteiger partial charge in [-0.2, -0.15) is 0 Å². The molecule has 1 aliphatic rings. The molecule has 1 atom stereocenters. The van der Waals surface area contributed by atoms with Crippen LogP contribution >= 0.6 is 0 Å². The molecular formula is C15H19N5O2. The van der Waals surface area contributed by atoms with E-state index in [2.05, 4.69) is 15.1 Å². The van der Waals surface area contributed by atoms with Gasteiger partial charge in [0.2, 0.25) is 5.91 Å². The second-order valence-corrected chi connectivity index (χ2v) is 5.54. The summed E-state index contributed by atoms with van der Waals surface area (Å²) >= 11 is 0. The molecule has 1 aliphatic heterocycles.